The van der Waals surface area contributed by atoms with Crippen LogP contribution < -0.4 is 5.32 Å². The van der Waals surface area contributed by atoms with Crippen LogP contribution in [0.25, 0.3) is 0 Å². The van der Waals surface area contributed by atoms with Crippen LogP contribution in [0.3, 0.4) is 0 Å². The number of aromatic nitrogens is 1. The summed E-state index contributed by atoms with van der Waals surface area (Å²) in [5.74, 6) is -0.846. The van der Waals surface area contributed by atoms with Crippen molar-refractivity contribution in [3.63, 3.8) is 0 Å². The van der Waals surface area contributed by atoms with Gasteiger partial charge >= 0.3 is 12.1 Å². The van der Waals surface area contributed by atoms with E-state index in [0.29, 0.717) is 11.3 Å². The quantitative estimate of drug-likeness (QED) is 0.569. The van der Waals surface area contributed by atoms with Gasteiger partial charge in [0.05, 0.1) is 5.56 Å². The Morgan fingerprint density at radius 2 is 1.69 bits per heavy atom. The van der Waals surface area contributed by atoms with Gasteiger partial charge in [-0.1, -0.05) is 0 Å². The van der Waals surface area contributed by atoms with Gasteiger partial charge in [0.15, 0.2) is 6.61 Å². The number of hydrogen-bond donors (Lipinski definition) is 1. The van der Waals surface area contributed by atoms with Gasteiger partial charge in [0.1, 0.15) is 5.60 Å². The summed E-state index contributed by atoms with van der Waals surface area (Å²) in [4.78, 5) is 36.4. The number of rotatable bonds is 6. The van der Waals surface area contributed by atoms with Crippen LogP contribution in [-0.2, 0) is 16.0 Å². The van der Waals surface area contributed by atoms with Gasteiger partial charge in [-0.05, 0) is 71.9 Å². The molecule has 1 N–H and O–H groups in total. The lowest BCUT2D eigenvalue weighted by molar-refractivity contribution is 0.0474. The maximum absolute atomic E-state index is 12.4. The Morgan fingerprint density at radius 1 is 1.07 bits per heavy atom. The van der Waals surface area contributed by atoms with Gasteiger partial charge in [0.2, 0.25) is 5.78 Å². The third kappa shape index (κ3) is 5.94. The van der Waals surface area contributed by atoms with Crippen LogP contribution >= 0.6 is 0 Å². The highest BCUT2D eigenvalue weighted by Gasteiger charge is 2.18. The van der Waals surface area contributed by atoms with Crippen molar-refractivity contribution in [3.8, 4) is 0 Å². The first kappa shape index (κ1) is 22.2. The van der Waals surface area contributed by atoms with Crippen LogP contribution in [0.5, 0.6) is 0 Å². The summed E-state index contributed by atoms with van der Waals surface area (Å²) in [6.07, 6.45) is -0.580. The SMILES string of the molecule is CCn1c(C)cc(C(=O)COC(=O)c2ccc(NC(=O)OC(C)(C)C)cc2)c1C. The average molecular weight is 400 g/mol. The molecule has 0 bridgehead atoms. The fraction of sp³-hybridized carbons (Fsp3) is 0.409. The van der Waals surface area contributed by atoms with E-state index in [-0.39, 0.29) is 18.0 Å². The molecule has 1 amide bonds. The molecule has 0 aliphatic rings. The molecule has 0 radical (unpaired) electrons. The molecule has 1 heterocycles. The number of carbonyl (C=O) groups is 3. The van der Waals surface area contributed by atoms with Crippen LogP contribution in [0, 0.1) is 13.8 Å². The molecule has 7 nitrogen and oxygen atoms in total. The first-order valence-electron chi connectivity index (χ1n) is 9.49. The molecule has 1 aromatic carbocycles. The molecule has 0 aliphatic carbocycles. The predicted molar refractivity (Wildman–Crippen MR) is 110 cm³/mol. The number of carbonyl (C=O) groups excluding carboxylic acids is 3. The zero-order valence-electron chi connectivity index (χ0n) is 17.8. The molecule has 156 valence electrons. The molecule has 7 heteroatoms. The molecule has 29 heavy (non-hydrogen) atoms. The minimum Gasteiger partial charge on any atom is -0.454 e. The lowest BCUT2D eigenvalue weighted by atomic mass is 10.1. The van der Waals surface area contributed by atoms with Crippen molar-refractivity contribution in [2.45, 2.75) is 53.7 Å². The Labute approximate surface area is 171 Å². The van der Waals surface area contributed by atoms with Gasteiger partial charge in [0.25, 0.3) is 0 Å². The van der Waals surface area contributed by atoms with Crippen molar-refractivity contribution in [1.82, 2.24) is 4.57 Å². The summed E-state index contributed by atoms with van der Waals surface area (Å²) in [6.45, 7) is 11.6. The number of aryl methyl sites for hydroxylation is 1. The average Bonchev–Trinajstić information content (AvgIpc) is 2.92. The van der Waals surface area contributed by atoms with Crippen molar-refractivity contribution in [3.05, 3.63) is 52.8 Å². The van der Waals surface area contributed by atoms with Gasteiger partial charge in [0, 0.05) is 29.2 Å². The van der Waals surface area contributed by atoms with Crippen LogP contribution in [-0.4, -0.2) is 34.6 Å². The highest BCUT2D eigenvalue weighted by molar-refractivity contribution is 6.00. The molecular formula is C22H28N2O5. The zero-order chi connectivity index (χ0) is 21.8. The monoisotopic (exact) mass is 400 g/mol. The second-order valence-corrected chi connectivity index (χ2v) is 7.73. The maximum Gasteiger partial charge on any atom is 0.412 e. The zero-order valence-corrected chi connectivity index (χ0v) is 17.8. The van der Waals surface area contributed by atoms with Gasteiger partial charge in [-0.15, -0.1) is 0 Å². The standard InChI is InChI=1S/C22H28N2O5/c1-7-24-14(2)12-18(15(24)3)19(25)13-28-20(26)16-8-10-17(11-9-16)23-21(27)29-22(4,5)6/h8-12H,7,13H2,1-6H3,(H,23,27). The van der Waals surface area contributed by atoms with Gasteiger partial charge in [-0.2, -0.15) is 0 Å². The molecule has 1 aromatic heterocycles. The normalized spacial score (nSPS) is 11.1. The maximum atomic E-state index is 12.4. The minimum absolute atomic E-state index is 0.241. The summed E-state index contributed by atoms with van der Waals surface area (Å²) in [7, 11) is 0. The van der Waals surface area contributed by atoms with Crippen LogP contribution in [0.15, 0.2) is 30.3 Å². The lowest BCUT2D eigenvalue weighted by Gasteiger charge is -2.19. The minimum atomic E-state index is -0.605. The Bertz CT molecular complexity index is 905. The number of anilines is 1. The fourth-order valence-electron chi connectivity index (χ4n) is 2.97. The molecule has 0 fully saturated rings. The topological polar surface area (TPSA) is 86.6 Å². The number of Topliss-reactive ketones (excluding diaryl/α,β-unsaturated/α-hetero) is 1. The Balaban J connectivity index is 1.94. The predicted octanol–water partition coefficient (Wildman–Crippen LogP) is 4.51. The molecular weight excluding hydrogens is 372 g/mol. The van der Waals surface area contributed by atoms with E-state index in [1.165, 1.54) is 12.1 Å². The van der Waals surface area contributed by atoms with Gasteiger partial charge in [-0.3, -0.25) is 10.1 Å². The lowest BCUT2D eigenvalue weighted by Crippen LogP contribution is -2.27. The van der Waals surface area contributed by atoms with E-state index < -0.39 is 17.7 Å². The van der Waals surface area contributed by atoms with Crippen LogP contribution in [0.2, 0.25) is 0 Å². The van der Waals surface area contributed by atoms with Crippen molar-refractivity contribution in [2.75, 3.05) is 11.9 Å². The van der Waals surface area contributed by atoms with Crippen molar-refractivity contribution in [2.24, 2.45) is 0 Å². The van der Waals surface area contributed by atoms with Crippen LogP contribution in [0.1, 0.15) is 59.8 Å². The Kier molecular flexibility index (Phi) is 6.84. The van der Waals surface area contributed by atoms with E-state index in [2.05, 4.69) is 5.32 Å². The second-order valence-electron chi connectivity index (χ2n) is 7.73. The largest absolute Gasteiger partial charge is 0.454 e. The van der Waals surface area contributed by atoms with Crippen molar-refractivity contribution >= 4 is 23.5 Å². The molecule has 0 spiro atoms. The van der Waals surface area contributed by atoms with E-state index in [1.54, 1.807) is 32.9 Å². The number of hydrogen-bond acceptors (Lipinski definition) is 5. The third-order valence-corrected chi connectivity index (χ3v) is 4.29. The highest BCUT2D eigenvalue weighted by atomic mass is 16.6. The first-order valence-corrected chi connectivity index (χ1v) is 9.49. The molecule has 0 saturated carbocycles. The molecule has 2 rings (SSSR count). The Hall–Kier alpha value is -3.09. The summed E-state index contributed by atoms with van der Waals surface area (Å²) < 4.78 is 12.4. The second kappa shape index (κ2) is 8.94. The first-order chi connectivity index (χ1) is 13.5. The number of nitrogens with one attached hydrogen (secondary N) is 1. The number of nitrogens with zero attached hydrogens (tertiary/aromatic N) is 1. The number of ketones is 1. The van der Waals surface area contributed by atoms with Crippen molar-refractivity contribution < 1.29 is 23.9 Å². The van der Waals surface area contributed by atoms with E-state index in [9.17, 15) is 14.4 Å². The molecule has 0 atom stereocenters. The number of benzene rings is 1. The smallest absolute Gasteiger partial charge is 0.412 e. The van der Waals surface area contributed by atoms with Crippen molar-refractivity contribution in [1.29, 1.82) is 0 Å². The molecule has 0 unspecified atom stereocenters. The summed E-state index contributed by atoms with van der Waals surface area (Å²) in [5.41, 5.74) is 2.59. The molecule has 0 aliphatic heterocycles. The summed E-state index contributed by atoms with van der Waals surface area (Å²) >= 11 is 0. The third-order valence-electron chi connectivity index (χ3n) is 4.29. The number of ether oxygens (including phenoxy) is 2. The number of esters is 1. The summed E-state index contributed by atoms with van der Waals surface area (Å²) in [5, 5.41) is 2.59. The van der Waals surface area contributed by atoms with Gasteiger partial charge < -0.3 is 14.0 Å². The number of amides is 1. The van der Waals surface area contributed by atoms with Gasteiger partial charge in [-0.25, -0.2) is 9.59 Å². The molecule has 2 aromatic rings. The van der Waals surface area contributed by atoms with E-state index in [0.717, 1.165) is 17.9 Å². The van der Waals surface area contributed by atoms with E-state index in [4.69, 9.17) is 9.47 Å². The summed E-state index contributed by atoms with van der Waals surface area (Å²) in [6, 6.07) is 7.98. The highest BCUT2D eigenvalue weighted by Crippen LogP contribution is 2.17. The van der Waals surface area contributed by atoms with E-state index >= 15 is 0 Å². The van der Waals surface area contributed by atoms with E-state index in [1.807, 2.05) is 31.4 Å². The Morgan fingerprint density at radius 3 is 2.21 bits per heavy atom. The fourth-order valence-corrected chi connectivity index (χ4v) is 2.97. The van der Waals surface area contributed by atoms with Crippen LogP contribution in [0.4, 0.5) is 10.5 Å². The molecule has 0 saturated heterocycles.